The molecule has 0 spiro atoms. The van der Waals surface area contributed by atoms with Gasteiger partial charge in [0.2, 0.25) is 18.1 Å². The van der Waals surface area contributed by atoms with Crippen LogP contribution in [0.2, 0.25) is 0 Å². The van der Waals surface area contributed by atoms with E-state index in [-0.39, 0.29) is 0 Å². The molecule has 20 nitrogen and oxygen atoms in total. The van der Waals surface area contributed by atoms with E-state index in [1.54, 1.807) is 0 Å². The number of hydrogen-bond donors (Lipinski definition) is 11. The average Bonchev–Trinajstić information content (AvgIpc) is 3.00. The minimum absolute atomic E-state index is 0.572. The first-order valence-corrected chi connectivity index (χ1v) is 13.2. The largest absolute Gasteiger partial charge is 0.504 e. The Morgan fingerprint density at radius 3 is 1.98 bits per heavy atom. The van der Waals surface area contributed by atoms with E-state index < -0.39 is 143 Å². The third kappa shape index (κ3) is 6.56. The molecule has 0 aromatic heterocycles. The van der Waals surface area contributed by atoms with Crippen molar-refractivity contribution in [3.05, 3.63) is 34.9 Å². The summed E-state index contributed by atoms with van der Waals surface area (Å²) in [5.74, 6) is -18.5. The van der Waals surface area contributed by atoms with Crippen LogP contribution >= 0.6 is 0 Å². The quantitative estimate of drug-likeness (QED) is 0.0774. The number of hydrogen-bond acceptors (Lipinski definition) is 18. The Hall–Kier alpha value is -5.57. The van der Waals surface area contributed by atoms with Gasteiger partial charge in [-0.25, -0.2) is 14.4 Å². The molecule has 2 aliphatic heterocycles. The maximum Gasteiger partial charge on any atom is 0.345 e. The molecule has 0 radical (unpaired) electrons. The van der Waals surface area contributed by atoms with E-state index >= 15 is 0 Å². The highest BCUT2D eigenvalue weighted by Crippen LogP contribution is 2.49. The second-order valence-corrected chi connectivity index (χ2v) is 10.4. The van der Waals surface area contributed by atoms with Crippen molar-refractivity contribution in [1.82, 2.24) is 0 Å². The topological polar surface area (TPSA) is 345 Å². The molecule has 0 saturated carbocycles. The summed E-state index contributed by atoms with van der Waals surface area (Å²) >= 11 is 0. The number of cyclic esters (lactones) is 1. The normalized spacial score (nSPS) is 25.9. The van der Waals surface area contributed by atoms with E-state index in [9.17, 15) is 80.1 Å². The van der Waals surface area contributed by atoms with Gasteiger partial charge in [-0.05, 0) is 18.2 Å². The summed E-state index contributed by atoms with van der Waals surface area (Å²) in [4.78, 5) is 62.1. The summed E-state index contributed by atoms with van der Waals surface area (Å²) in [6.07, 6.45) is -13.8. The van der Waals surface area contributed by atoms with Crippen LogP contribution in [0.1, 0.15) is 38.6 Å². The number of carboxylic acids is 2. The molecule has 4 rings (SSSR count). The number of benzene rings is 2. The molecule has 1 fully saturated rings. The van der Waals surface area contributed by atoms with Gasteiger partial charge in [0.25, 0.3) is 0 Å². The lowest BCUT2D eigenvalue weighted by molar-refractivity contribution is -0.286. The first-order valence-electron chi connectivity index (χ1n) is 13.2. The highest BCUT2D eigenvalue weighted by molar-refractivity contribution is 5.98. The second-order valence-electron chi connectivity index (χ2n) is 10.4. The zero-order valence-corrected chi connectivity index (χ0v) is 23.4. The Balaban J connectivity index is 1.60. The number of carbonyl (C=O) groups excluding carboxylic acids is 3. The van der Waals surface area contributed by atoms with Crippen molar-refractivity contribution in [3.8, 4) is 34.5 Å². The molecule has 1 saturated heterocycles. The number of rotatable bonds is 9. The van der Waals surface area contributed by atoms with Crippen molar-refractivity contribution < 1.29 is 99.1 Å². The first kappa shape index (κ1) is 34.3. The molecular weight excluding hydrogens is 644 g/mol. The fourth-order valence-electron chi connectivity index (χ4n) is 5.05. The van der Waals surface area contributed by atoms with Gasteiger partial charge < -0.3 is 75.1 Å². The van der Waals surface area contributed by atoms with Crippen LogP contribution in [-0.4, -0.2) is 129 Å². The number of aliphatic hydroxyl groups excluding tert-OH is 3. The highest BCUT2D eigenvalue weighted by atomic mass is 16.7. The standard InChI is InChI=1S/C27H26O20/c28-9-1-6(2-10(29)16(9)33)24(41)47-27-21(38)20(37)18(35)12(45-27)5-44-25(42)8(4-13(31)32)15-14-7(3-11(30)17(34)19(14)36)26(43)46-22(15)23(39)40/h1-3,8,12,15,18,20-22,27-30,33-38H,4-5H2,(H,31,32)(H,39,40)/t8-,12-,15+,18+,20-,21-,22+,27-/m0/s1. The predicted octanol–water partition coefficient (Wildman–Crippen LogP) is -2.07. The van der Waals surface area contributed by atoms with Crippen molar-refractivity contribution in [3.63, 3.8) is 0 Å². The number of aliphatic carboxylic acids is 2. The molecule has 2 aromatic rings. The maximum absolute atomic E-state index is 13.3. The Morgan fingerprint density at radius 2 is 1.40 bits per heavy atom. The van der Waals surface area contributed by atoms with Crippen LogP contribution in [0, 0.1) is 5.92 Å². The molecule has 2 heterocycles. The lowest BCUT2D eigenvalue weighted by Crippen LogP contribution is -2.59. The molecule has 0 amide bonds. The second kappa shape index (κ2) is 13.0. The lowest BCUT2D eigenvalue weighted by atomic mass is 9.76. The van der Waals surface area contributed by atoms with E-state index in [1.807, 2.05) is 0 Å². The van der Waals surface area contributed by atoms with Gasteiger partial charge >= 0.3 is 29.8 Å². The molecule has 2 aliphatic rings. The van der Waals surface area contributed by atoms with Gasteiger partial charge in [-0.15, -0.1) is 0 Å². The van der Waals surface area contributed by atoms with Crippen LogP contribution in [-0.2, 0) is 33.3 Å². The Kier molecular flexibility index (Phi) is 9.52. The molecular formula is C27H26O20. The van der Waals surface area contributed by atoms with E-state index in [1.165, 1.54) is 0 Å². The maximum atomic E-state index is 13.3. The van der Waals surface area contributed by atoms with Gasteiger partial charge in [-0.3, -0.25) is 9.59 Å². The molecule has 254 valence electrons. The fraction of sp³-hybridized carbons (Fsp3) is 0.370. The molecule has 0 bridgehead atoms. The number of aliphatic hydroxyl groups is 3. The number of carboxylic acid groups (broad SMARTS) is 2. The van der Waals surface area contributed by atoms with Gasteiger partial charge in [-0.2, -0.15) is 0 Å². The van der Waals surface area contributed by atoms with Gasteiger partial charge in [0.15, 0.2) is 28.7 Å². The van der Waals surface area contributed by atoms with Crippen molar-refractivity contribution in [2.75, 3.05) is 6.61 Å². The SMILES string of the molecule is O=C(O)C[C@H](C(=O)OC[C@@H]1O[C@@H](OC(=O)c2cc(O)c(O)c(O)c2)[C@@H](O)[C@@H](O)[C@@H]1O)[C@@H]1c2c(cc(O)c(O)c2O)C(=O)O[C@H]1C(=O)O. The molecule has 2 aromatic carbocycles. The van der Waals surface area contributed by atoms with E-state index in [2.05, 4.69) is 0 Å². The zero-order chi connectivity index (χ0) is 35.1. The van der Waals surface area contributed by atoms with Crippen LogP contribution in [0.5, 0.6) is 34.5 Å². The van der Waals surface area contributed by atoms with Crippen LogP contribution in [0.15, 0.2) is 18.2 Å². The van der Waals surface area contributed by atoms with E-state index in [4.69, 9.17) is 18.9 Å². The predicted molar refractivity (Wildman–Crippen MR) is 141 cm³/mol. The Labute approximate surface area is 260 Å². The van der Waals surface area contributed by atoms with Crippen molar-refractivity contribution in [2.45, 2.75) is 49.1 Å². The summed E-state index contributed by atoms with van der Waals surface area (Å²) in [7, 11) is 0. The molecule has 8 atom stereocenters. The number of fused-ring (bicyclic) bond motifs is 1. The summed E-state index contributed by atoms with van der Waals surface area (Å²) < 4.78 is 20.1. The minimum atomic E-state index is -2.34. The first-order chi connectivity index (χ1) is 21.9. The number of phenolic OH excluding ortho intramolecular Hbond substituents is 6. The number of aromatic hydroxyl groups is 6. The molecule has 20 heteroatoms. The average molecular weight is 670 g/mol. The van der Waals surface area contributed by atoms with Crippen LogP contribution in [0.25, 0.3) is 0 Å². The monoisotopic (exact) mass is 670 g/mol. The van der Waals surface area contributed by atoms with Crippen molar-refractivity contribution >= 4 is 29.8 Å². The summed E-state index contributed by atoms with van der Waals surface area (Å²) in [5.41, 5.74) is -2.05. The summed E-state index contributed by atoms with van der Waals surface area (Å²) in [6, 6.07) is 1.93. The summed E-state index contributed by atoms with van der Waals surface area (Å²) in [6.45, 7) is -1.08. The van der Waals surface area contributed by atoms with Gasteiger partial charge in [-0.1, -0.05) is 0 Å². The minimum Gasteiger partial charge on any atom is -0.504 e. The van der Waals surface area contributed by atoms with Gasteiger partial charge in [0.1, 0.15) is 31.0 Å². The summed E-state index contributed by atoms with van der Waals surface area (Å²) in [5, 5.41) is 109. The van der Waals surface area contributed by atoms with E-state index in [0.29, 0.717) is 18.2 Å². The molecule has 0 aliphatic carbocycles. The molecule has 47 heavy (non-hydrogen) atoms. The van der Waals surface area contributed by atoms with Gasteiger partial charge in [0, 0.05) is 5.56 Å². The number of phenols is 6. The number of ether oxygens (including phenoxy) is 4. The van der Waals surface area contributed by atoms with Crippen molar-refractivity contribution in [2.24, 2.45) is 5.92 Å². The smallest absolute Gasteiger partial charge is 0.345 e. The Bertz CT molecular complexity index is 1590. The van der Waals surface area contributed by atoms with Crippen molar-refractivity contribution in [1.29, 1.82) is 0 Å². The lowest BCUT2D eigenvalue weighted by Gasteiger charge is -2.40. The van der Waals surface area contributed by atoms with Crippen LogP contribution in [0.4, 0.5) is 0 Å². The molecule has 0 unspecified atom stereocenters. The number of carbonyl (C=O) groups is 5. The van der Waals surface area contributed by atoms with Gasteiger partial charge in [0.05, 0.1) is 29.4 Å². The van der Waals surface area contributed by atoms with Crippen LogP contribution in [0.3, 0.4) is 0 Å². The highest BCUT2D eigenvalue weighted by Gasteiger charge is 2.51. The van der Waals surface area contributed by atoms with Crippen LogP contribution < -0.4 is 0 Å². The fourth-order valence-corrected chi connectivity index (χ4v) is 5.05. The molecule has 11 N–H and O–H groups in total. The Morgan fingerprint density at radius 1 is 0.809 bits per heavy atom. The number of esters is 3. The zero-order valence-electron chi connectivity index (χ0n) is 23.4. The van der Waals surface area contributed by atoms with E-state index in [0.717, 1.165) is 0 Å². The third-order valence-corrected chi connectivity index (χ3v) is 7.37. The third-order valence-electron chi connectivity index (χ3n) is 7.37.